The molecule has 0 radical (unpaired) electrons. The molecule has 0 N–H and O–H groups in total. The number of hydrogen-bond donors (Lipinski definition) is 0. The molecule has 1 rings (SSSR count). The van der Waals surface area contributed by atoms with E-state index in [2.05, 4.69) is 0 Å². The SMILES string of the molecule is CCC(C)C(=O)[C@@H]1CCCC(C)N1C(=O)OC(C)(C)C. The summed E-state index contributed by atoms with van der Waals surface area (Å²) in [6, 6.07) is -0.250. The number of carbonyl (C=O) groups is 2. The van der Waals surface area contributed by atoms with E-state index in [4.69, 9.17) is 4.74 Å². The lowest BCUT2D eigenvalue weighted by Gasteiger charge is -2.41. The third-order valence-corrected chi connectivity index (χ3v) is 3.94. The minimum atomic E-state index is -0.530. The second-order valence-electron chi connectivity index (χ2n) is 6.89. The number of likely N-dealkylation sites (tertiary alicyclic amines) is 1. The van der Waals surface area contributed by atoms with E-state index in [0.29, 0.717) is 0 Å². The first-order valence-corrected chi connectivity index (χ1v) is 7.72. The van der Waals surface area contributed by atoms with Crippen molar-refractivity contribution in [1.82, 2.24) is 4.90 Å². The summed E-state index contributed by atoms with van der Waals surface area (Å²) in [6.45, 7) is 11.5. The van der Waals surface area contributed by atoms with Crippen LogP contribution in [0, 0.1) is 5.92 Å². The Morgan fingerprint density at radius 2 is 1.90 bits per heavy atom. The molecule has 1 fully saturated rings. The van der Waals surface area contributed by atoms with Gasteiger partial charge in [0.2, 0.25) is 0 Å². The maximum Gasteiger partial charge on any atom is 0.411 e. The molecule has 2 unspecified atom stereocenters. The second kappa shape index (κ2) is 6.59. The molecule has 0 bridgehead atoms. The summed E-state index contributed by atoms with van der Waals surface area (Å²) in [5.74, 6) is 0.167. The van der Waals surface area contributed by atoms with E-state index in [-0.39, 0.29) is 29.9 Å². The lowest BCUT2D eigenvalue weighted by Crippen LogP contribution is -2.54. The van der Waals surface area contributed by atoms with Gasteiger partial charge in [0.1, 0.15) is 5.60 Å². The summed E-state index contributed by atoms with van der Waals surface area (Å²) in [5.41, 5.74) is -0.530. The molecular formula is C16H29NO3. The molecule has 3 atom stereocenters. The summed E-state index contributed by atoms with van der Waals surface area (Å²) in [7, 11) is 0. The van der Waals surface area contributed by atoms with E-state index in [1.165, 1.54) is 0 Å². The predicted molar refractivity (Wildman–Crippen MR) is 79.6 cm³/mol. The smallest absolute Gasteiger partial charge is 0.411 e. The monoisotopic (exact) mass is 283 g/mol. The maximum absolute atomic E-state index is 12.5. The van der Waals surface area contributed by atoms with Gasteiger partial charge in [-0.15, -0.1) is 0 Å². The third-order valence-electron chi connectivity index (χ3n) is 3.94. The fourth-order valence-corrected chi connectivity index (χ4v) is 2.62. The summed E-state index contributed by atoms with van der Waals surface area (Å²) in [6.07, 6.45) is 3.14. The molecule has 1 saturated heterocycles. The van der Waals surface area contributed by atoms with Crippen molar-refractivity contribution < 1.29 is 14.3 Å². The Kier molecular flexibility index (Phi) is 5.60. The quantitative estimate of drug-likeness (QED) is 0.792. The van der Waals surface area contributed by atoms with Crippen LogP contribution < -0.4 is 0 Å². The number of ketones is 1. The number of piperidine rings is 1. The van der Waals surface area contributed by atoms with Gasteiger partial charge in [0.15, 0.2) is 5.78 Å². The molecule has 116 valence electrons. The normalized spacial score (nSPS) is 25.2. The van der Waals surface area contributed by atoms with Gasteiger partial charge in [-0.05, 0) is 53.4 Å². The second-order valence-corrected chi connectivity index (χ2v) is 6.89. The summed E-state index contributed by atoms with van der Waals surface area (Å²) in [4.78, 5) is 26.6. The molecule has 1 amide bonds. The number of rotatable bonds is 3. The van der Waals surface area contributed by atoms with Crippen molar-refractivity contribution in [2.24, 2.45) is 5.92 Å². The van der Waals surface area contributed by atoms with Crippen LogP contribution in [0.2, 0.25) is 0 Å². The lowest BCUT2D eigenvalue weighted by molar-refractivity contribution is -0.130. The zero-order valence-corrected chi connectivity index (χ0v) is 13.7. The Morgan fingerprint density at radius 1 is 1.30 bits per heavy atom. The van der Waals surface area contributed by atoms with Crippen molar-refractivity contribution in [1.29, 1.82) is 0 Å². The van der Waals surface area contributed by atoms with Crippen LogP contribution >= 0.6 is 0 Å². The summed E-state index contributed by atoms with van der Waals surface area (Å²) in [5, 5.41) is 0. The Labute approximate surface area is 122 Å². The molecule has 4 heteroatoms. The highest BCUT2D eigenvalue weighted by molar-refractivity contribution is 5.89. The highest BCUT2D eigenvalue weighted by atomic mass is 16.6. The maximum atomic E-state index is 12.5. The van der Waals surface area contributed by atoms with E-state index in [1.807, 2.05) is 41.5 Å². The van der Waals surface area contributed by atoms with Crippen LogP contribution in [-0.4, -0.2) is 34.5 Å². The molecule has 0 aliphatic carbocycles. The first-order valence-electron chi connectivity index (χ1n) is 7.72. The van der Waals surface area contributed by atoms with Crippen molar-refractivity contribution in [2.75, 3.05) is 0 Å². The molecule has 0 spiro atoms. The average molecular weight is 283 g/mol. The third kappa shape index (κ3) is 4.22. The van der Waals surface area contributed by atoms with E-state index >= 15 is 0 Å². The van der Waals surface area contributed by atoms with Crippen LogP contribution in [-0.2, 0) is 9.53 Å². The molecule has 0 aromatic heterocycles. The van der Waals surface area contributed by atoms with Crippen molar-refractivity contribution in [3.05, 3.63) is 0 Å². The van der Waals surface area contributed by atoms with E-state index in [1.54, 1.807) is 4.90 Å². The Bertz CT molecular complexity index is 359. The van der Waals surface area contributed by atoms with Crippen LogP contribution in [0.1, 0.15) is 67.2 Å². The summed E-state index contributed by atoms with van der Waals surface area (Å²) < 4.78 is 5.48. The first-order chi connectivity index (χ1) is 9.17. The fraction of sp³-hybridized carbons (Fsp3) is 0.875. The average Bonchev–Trinajstić information content (AvgIpc) is 2.34. The Hall–Kier alpha value is -1.06. The Morgan fingerprint density at radius 3 is 2.40 bits per heavy atom. The molecule has 0 aromatic carbocycles. The van der Waals surface area contributed by atoms with Crippen LogP contribution in [0.25, 0.3) is 0 Å². The van der Waals surface area contributed by atoms with Crippen LogP contribution in [0.4, 0.5) is 4.79 Å². The molecule has 1 heterocycles. The van der Waals surface area contributed by atoms with Gasteiger partial charge in [0.25, 0.3) is 0 Å². The molecule has 1 aliphatic rings. The molecule has 20 heavy (non-hydrogen) atoms. The van der Waals surface area contributed by atoms with Crippen LogP contribution in [0.3, 0.4) is 0 Å². The van der Waals surface area contributed by atoms with Crippen LogP contribution in [0.5, 0.6) is 0 Å². The van der Waals surface area contributed by atoms with Gasteiger partial charge in [0.05, 0.1) is 6.04 Å². The van der Waals surface area contributed by atoms with Gasteiger partial charge in [-0.1, -0.05) is 13.8 Å². The van der Waals surface area contributed by atoms with E-state index in [0.717, 1.165) is 25.7 Å². The number of amides is 1. The van der Waals surface area contributed by atoms with Crippen molar-refractivity contribution in [3.8, 4) is 0 Å². The number of nitrogens with zero attached hydrogens (tertiary/aromatic N) is 1. The molecule has 0 aromatic rings. The van der Waals surface area contributed by atoms with Crippen molar-refractivity contribution in [3.63, 3.8) is 0 Å². The molecular weight excluding hydrogens is 254 g/mol. The highest BCUT2D eigenvalue weighted by Gasteiger charge is 2.39. The Balaban J connectivity index is 2.90. The molecule has 0 saturated carbocycles. The van der Waals surface area contributed by atoms with E-state index < -0.39 is 5.60 Å². The zero-order valence-electron chi connectivity index (χ0n) is 13.7. The number of ether oxygens (including phenoxy) is 1. The van der Waals surface area contributed by atoms with Crippen LogP contribution in [0.15, 0.2) is 0 Å². The first kappa shape index (κ1) is 17.0. The largest absolute Gasteiger partial charge is 0.444 e. The van der Waals surface area contributed by atoms with Gasteiger partial charge in [-0.25, -0.2) is 4.79 Å². The van der Waals surface area contributed by atoms with Gasteiger partial charge in [-0.3, -0.25) is 9.69 Å². The topological polar surface area (TPSA) is 46.6 Å². The zero-order chi connectivity index (χ0) is 15.5. The number of hydrogen-bond acceptors (Lipinski definition) is 3. The minimum absolute atomic E-state index is 0.00441. The number of Topliss-reactive ketones (excluding diaryl/α,β-unsaturated/α-hetero) is 1. The summed E-state index contributed by atoms with van der Waals surface area (Å²) >= 11 is 0. The van der Waals surface area contributed by atoms with Crippen molar-refractivity contribution in [2.45, 2.75) is 84.9 Å². The fourth-order valence-electron chi connectivity index (χ4n) is 2.62. The van der Waals surface area contributed by atoms with Gasteiger partial charge in [-0.2, -0.15) is 0 Å². The molecule has 1 aliphatic heterocycles. The number of carbonyl (C=O) groups excluding carboxylic acids is 2. The van der Waals surface area contributed by atoms with Gasteiger partial charge in [0, 0.05) is 12.0 Å². The van der Waals surface area contributed by atoms with Gasteiger partial charge >= 0.3 is 6.09 Å². The standard InChI is InChI=1S/C16H29NO3/c1-7-11(2)14(18)13-10-8-9-12(3)17(13)15(19)20-16(4,5)6/h11-13H,7-10H2,1-6H3/t11?,12?,13-/m0/s1. The minimum Gasteiger partial charge on any atom is -0.444 e. The van der Waals surface area contributed by atoms with Crippen molar-refractivity contribution >= 4 is 11.9 Å². The van der Waals surface area contributed by atoms with Gasteiger partial charge < -0.3 is 4.74 Å². The molecule has 4 nitrogen and oxygen atoms in total. The van der Waals surface area contributed by atoms with E-state index in [9.17, 15) is 9.59 Å². The predicted octanol–water partition coefficient (Wildman–Crippen LogP) is 3.78. The highest BCUT2D eigenvalue weighted by Crippen LogP contribution is 2.27. The lowest BCUT2D eigenvalue weighted by atomic mass is 9.88.